The summed E-state index contributed by atoms with van der Waals surface area (Å²) in [6.07, 6.45) is 5.36. The second-order valence-electron chi connectivity index (χ2n) is 5.80. The van der Waals surface area contributed by atoms with Crippen LogP contribution in [0.2, 0.25) is 0 Å². The number of allylic oxidation sites excluding steroid dienone is 2. The molecule has 0 fully saturated rings. The van der Waals surface area contributed by atoms with Crippen LogP contribution in [0.15, 0.2) is 67.1 Å². The van der Waals surface area contributed by atoms with Crippen LogP contribution in [0, 0.1) is 6.92 Å². The summed E-state index contributed by atoms with van der Waals surface area (Å²) in [5, 5.41) is 7.73. The predicted molar refractivity (Wildman–Crippen MR) is 97.0 cm³/mol. The van der Waals surface area contributed by atoms with Crippen molar-refractivity contribution in [3.8, 4) is 17.1 Å². The van der Waals surface area contributed by atoms with Crippen molar-refractivity contribution in [2.75, 3.05) is 11.9 Å². The smallest absolute Gasteiger partial charge is 0.230 e. The summed E-state index contributed by atoms with van der Waals surface area (Å²) < 4.78 is 7.49. The van der Waals surface area contributed by atoms with Gasteiger partial charge in [0.15, 0.2) is 5.82 Å². The number of aromatic nitrogens is 4. The molecule has 6 heteroatoms. The van der Waals surface area contributed by atoms with Crippen LogP contribution in [0.1, 0.15) is 5.56 Å². The Bertz CT molecular complexity index is 942. The van der Waals surface area contributed by atoms with Gasteiger partial charge >= 0.3 is 0 Å². The van der Waals surface area contributed by atoms with Gasteiger partial charge in [-0.1, -0.05) is 24.3 Å². The average molecular weight is 331 g/mol. The van der Waals surface area contributed by atoms with Gasteiger partial charge in [0, 0.05) is 18.0 Å². The van der Waals surface area contributed by atoms with Gasteiger partial charge in [0.25, 0.3) is 0 Å². The molecule has 1 aromatic carbocycles. The Morgan fingerprint density at radius 1 is 1.20 bits per heavy atom. The molecule has 124 valence electrons. The van der Waals surface area contributed by atoms with Gasteiger partial charge in [-0.15, -0.1) is 5.10 Å². The lowest BCUT2D eigenvalue weighted by Crippen LogP contribution is -2.18. The quantitative estimate of drug-likeness (QED) is 0.792. The van der Waals surface area contributed by atoms with Crippen molar-refractivity contribution >= 4 is 11.6 Å². The third-order valence-corrected chi connectivity index (χ3v) is 3.83. The molecule has 25 heavy (non-hydrogen) atoms. The normalized spacial score (nSPS) is 13.0. The van der Waals surface area contributed by atoms with Crippen LogP contribution in [-0.4, -0.2) is 26.4 Å². The van der Waals surface area contributed by atoms with Gasteiger partial charge < -0.3 is 10.1 Å². The zero-order valence-corrected chi connectivity index (χ0v) is 13.8. The Labute approximate surface area is 145 Å². The number of rotatable bonds is 4. The lowest BCUT2D eigenvalue weighted by molar-refractivity contribution is 0.352. The van der Waals surface area contributed by atoms with Gasteiger partial charge in [-0.05, 0) is 37.3 Å². The number of anilines is 1. The molecule has 0 amide bonds. The van der Waals surface area contributed by atoms with E-state index in [0.717, 1.165) is 22.7 Å². The number of benzene rings is 1. The van der Waals surface area contributed by atoms with Gasteiger partial charge in [0.05, 0.1) is 11.4 Å². The fourth-order valence-corrected chi connectivity index (χ4v) is 2.53. The molecule has 0 unspecified atom stereocenters. The molecule has 1 aliphatic heterocycles. The fourth-order valence-electron chi connectivity index (χ4n) is 2.53. The Kier molecular flexibility index (Phi) is 3.78. The molecule has 0 radical (unpaired) electrons. The van der Waals surface area contributed by atoms with Crippen molar-refractivity contribution in [2.45, 2.75) is 6.92 Å². The molecule has 0 saturated heterocycles. The van der Waals surface area contributed by atoms with Crippen molar-refractivity contribution in [1.29, 1.82) is 0 Å². The molecule has 6 nitrogen and oxygen atoms in total. The van der Waals surface area contributed by atoms with Gasteiger partial charge in [0.2, 0.25) is 5.95 Å². The standard InChI is InChI=1S/C19H17N5O/c1-13-5-7-17(8-6-13)25-12-16-10-14(2)24-19(21-16)22-18(23-24)15-4-3-9-20-11-15/h3-11H,2,12H2,1H3,(H,21,22,23). The number of nitrogens with one attached hydrogen (secondary N) is 1. The van der Waals surface area contributed by atoms with Crippen LogP contribution in [0.3, 0.4) is 0 Å². The minimum Gasteiger partial charge on any atom is -0.487 e. The SMILES string of the molecule is C=C1C=C(COc2ccc(C)cc2)Nc2nc(-c3cccnc3)nn21. The van der Waals surface area contributed by atoms with Gasteiger partial charge in [-0.2, -0.15) is 9.67 Å². The number of ether oxygens (including phenoxy) is 1. The van der Waals surface area contributed by atoms with Crippen LogP contribution < -0.4 is 10.1 Å². The van der Waals surface area contributed by atoms with Crippen molar-refractivity contribution < 1.29 is 4.74 Å². The molecule has 0 atom stereocenters. The summed E-state index contributed by atoms with van der Waals surface area (Å²) in [5.41, 5.74) is 3.67. The van der Waals surface area contributed by atoms with E-state index in [2.05, 4.69) is 27.0 Å². The van der Waals surface area contributed by atoms with Crippen molar-refractivity contribution in [2.24, 2.45) is 0 Å². The Morgan fingerprint density at radius 2 is 2.04 bits per heavy atom. The topological polar surface area (TPSA) is 64.9 Å². The molecule has 3 aromatic rings. The third-order valence-electron chi connectivity index (χ3n) is 3.83. The molecule has 1 aliphatic rings. The molecule has 0 spiro atoms. The Balaban J connectivity index is 1.50. The number of nitrogens with zero attached hydrogens (tertiary/aromatic N) is 4. The minimum absolute atomic E-state index is 0.400. The molecule has 1 N–H and O–H groups in total. The first-order valence-corrected chi connectivity index (χ1v) is 7.93. The van der Waals surface area contributed by atoms with E-state index in [4.69, 9.17) is 4.74 Å². The van der Waals surface area contributed by atoms with Crippen LogP contribution in [0.5, 0.6) is 5.75 Å². The van der Waals surface area contributed by atoms with E-state index in [9.17, 15) is 0 Å². The first-order chi connectivity index (χ1) is 12.2. The molecular weight excluding hydrogens is 314 g/mol. The average Bonchev–Trinajstić information content (AvgIpc) is 3.07. The number of hydrogen-bond donors (Lipinski definition) is 1. The van der Waals surface area contributed by atoms with E-state index in [1.807, 2.05) is 49.4 Å². The van der Waals surface area contributed by atoms with Crippen molar-refractivity contribution in [3.63, 3.8) is 0 Å². The van der Waals surface area contributed by atoms with Crippen molar-refractivity contribution in [1.82, 2.24) is 19.7 Å². The fraction of sp³-hybridized carbons (Fsp3) is 0.105. The number of fused-ring (bicyclic) bond motifs is 1. The zero-order chi connectivity index (χ0) is 17.2. The second kappa shape index (κ2) is 6.24. The Morgan fingerprint density at radius 3 is 2.80 bits per heavy atom. The van der Waals surface area contributed by atoms with E-state index < -0.39 is 0 Å². The monoisotopic (exact) mass is 331 g/mol. The molecule has 0 bridgehead atoms. The van der Waals surface area contributed by atoms with Gasteiger partial charge in [-0.3, -0.25) is 4.98 Å². The first-order valence-electron chi connectivity index (χ1n) is 7.93. The summed E-state index contributed by atoms with van der Waals surface area (Å²) in [7, 11) is 0. The maximum atomic E-state index is 5.82. The summed E-state index contributed by atoms with van der Waals surface area (Å²) >= 11 is 0. The summed E-state index contributed by atoms with van der Waals surface area (Å²) in [6, 6.07) is 11.7. The lowest BCUT2D eigenvalue weighted by Gasteiger charge is -2.17. The van der Waals surface area contributed by atoms with E-state index in [0.29, 0.717) is 18.4 Å². The molecule has 2 aromatic heterocycles. The molecule has 0 saturated carbocycles. The van der Waals surface area contributed by atoms with Gasteiger partial charge in [-0.25, -0.2) is 0 Å². The Hall–Kier alpha value is -3.41. The number of aryl methyl sites for hydroxylation is 1. The van der Waals surface area contributed by atoms with Crippen LogP contribution in [-0.2, 0) is 0 Å². The highest BCUT2D eigenvalue weighted by Gasteiger charge is 2.18. The maximum absolute atomic E-state index is 5.82. The summed E-state index contributed by atoms with van der Waals surface area (Å²) in [4.78, 5) is 8.64. The molecule has 3 heterocycles. The van der Waals surface area contributed by atoms with Crippen LogP contribution >= 0.6 is 0 Å². The van der Waals surface area contributed by atoms with E-state index in [1.54, 1.807) is 17.1 Å². The maximum Gasteiger partial charge on any atom is 0.230 e. The highest BCUT2D eigenvalue weighted by molar-refractivity contribution is 5.67. The molecular formula is C19H17N5O. The van der Waals surface area contributed by atoms with E-state index in [1.165, 1.54) is 5.56 Å². The zero-order valence-electron chi connectivity index (χ0n) is 13.8. The lowest BCUT2D eigenvalue weighted by atomic mass is 10.2. The predicted octanol–water partition coefficient (Wildman–Crippen LogP) is 3.51. The van der Waals surface area contributed by atoms with Crippen LogP contribution in [0.4, 0.5) is 5.95 Å². The highest BCUT2D eigenvalue weighted by Crippen LogP contribution is 2.25. The third kappa shape index (κ3) is 3.14. The first kappa shape index (κ1) is 15.1. The largest absolute Gasteiger partial charge is 0.487 e. The number of pyridine rings is 1. The van der Waals surface area contributed by atoms with E-state index in [-0.39, 0.29) is 0 Å². The second-order valence-corrected chi connectivity index (χ2v) is 5.80. The van der Waals surface area contributed by atoms with Gasteiger partial charge in [0.1, 0.15) is 12.4 Å². The molecule has 4 rings (SSSR count). The van der Waals surface area contributed by atoms with E-state index >= 15 is 0 Å². The summed E-state index contributed by atoms with van der Waals surface area (Å²) in [6.45, 7) is 6.50. The van der Waals surface area contributed by atoms with Crippen molar-refractivity contribution in [3.05, 3.63) is 72.7 Å². The number of hydrogen-bond acceptors (Lipinski definition) is 5. The molecule has 0 aliphatic carbocycles. The highest BCUT2D eigenvalue weighted by atomic mass is 16.5. The minimum atomic E-state index is 0.400. The summed E-state index contributed by atoms with van der Waals surface area (Å²) in [5.74, 6) is 2.04. The van der Waals surface area contributed by atoms with Crippen LogP contribution in [0.25, 0.3) is 17.1 Å².